The van der Waals surface area contributed by atoms with E-state index < -0.39 is 0 Å². The van der Waals surface area contributed by atoms with Gasteiger partial charge in [-0.05, 0) is 32.8 Å². The van der Waals surface area contributed by atoms with E-state index in [2.05, 4.69) is 55.7 Å². The summed E-state index contributed by atoms with van der Waals surface area (Å²) in [5.74, 6) is 0.810. The van der Waals surface area contributed by atoms with Crippen LogP contribution in [0.25, 0.3) is 0 Å². The molecule has 8 heteroatoms. The Morgan fingerprint density at radius 3 is 2.71 bits per heavy atom. The largest absolute Gasteiger partial charge is 0.356 e. The van der Waals surface area contributed by atoms with Gasteiger partial charge in [-0.3, -0.25) is 9.67 Å². The molecule has 2 aromatic heterocycles. The minimum absolute atomic E-state index is 0. The molecule has 0 fully saturated rings. The predicted molar refractivity (Wildman–Crippen MR) is 111 cm³/mol. The Morgan fingerprint density at radius 1 is 1.33 bits per heavy atom. The van der Waals surface area contributed by atoms with E-state index in [0.29, 0.717) is 6.54 Å². The Kier molecular flexibility index (Phi) is 9.27. The van der Waals surface area contributed by atoms with Crippen molar-refractivity contribution in [2.75, 3.05) is 13.6 Å². The molecule has 0 aromatic carbocycles. The van der Waals surface area contributed by atoms with Crippen molar-refractivity contribution in [3.05, 3.63) is 33.5 Å². The maximum absolute atomic E-state index is 4.54. The average Bonchev–Trinajstić information content (AvgIpc) is 3.12. The van der Waals surface area contributed by atoms with Gasteiger partial charge >= 0.3 is 0 Å². The predicted octanol–water partition coefficient (Wildman–Crippen LogP) is 2.89. The van der Waals surface area contributed by atoms with Crippen molar-refractivity contribution in [2.45, 2.75) is 46.7 Å². The topological polar surface area (TPSA) is 67.1 Å². The number of hydrogen-bond acceptors (Lipinski definition) is 4. The van der Waals surface area contributed by atoms with Crippen LogP contribution in [-0.4, -0.2) is 34.3 Å². The molecule has 0 aliphatic carbocycles. The number of hydrogen-bond donors (Lipinski definition) is 2. The number of nitrogens with one attached hydrogen (secondary N) is 2. The van der Waals surface area contributed by atoms with Crippen LogP contribution in [0.2, 0.25) is 0 Å². The van der Waals surface area contributed by atoms with Crippen LogP contribution in [0.15, 0.2) is 16.4 Å². The fraction of sp³-hybridized carbons (Fsp3) is 0.562. The van der Waals surface area contributed by atoms with Crippen molar-refractivity contribution >= 4 is 41.3 Å². The van der Waals surface area contributed by atoms with E-state index >= 15 is 0 Å². The first-order valence-corrected chi connectivity index (χ1v) is 8.89. The molecular weight excluding hydrogens is 435 g/mol. The Labute approximate surface area is 165 Å². The average molecular weight is 462 g/mol. The molecular formula is C16H27IN6S. The second-order valence-corrected chi connectivity index (χ2v) is 6.39. The fourth-order valence-corrected chi connectivity index (χ4v) is 3.07. The normalized spacial score (nSPS) is 11.2. The summed E-state index contributed by atoms with van der Waals surface area (Å²) in [6.45, 7) is 8.71. The van der Waals surface area contributed by atoms with E-state index in [1.54, 1.807) is 18.4 Å². The number of aliphatic imine (C=N–C) groups is 1. The first-order chi connectivity index (χ1) is 11.1. The second-order valence-electron chi connectivity index (χ2n) is 5.44. The van der Waals surface area contributed by atoms with Gasteiger partial charge in [-0.25, -0.2) is 4.98 Å². The lowest BCUT2D eigenvalue weighted by Crippen LogP contribution is -2.37. The lowest BCUT2D eigenvalue weighted by Gasteiger charge is -2.11. The molecule has 2 rings (SSSR count). The summed E-state index contributed by atoms with van der Waals surface area (Å²) >= 11 is 1.71. The molecule has 2 aromatic rings. The van der Waals surface area contributed by atoms with E-state index in [9.17, 15) is 0 Å². The molecule has 2 N–H and O–H groups in total. The van der Waals surface area contributed by atoms with E-state index in [-0.39, 0.29) is 24.0 Å². The molecule has 6 nitrogen and oxygen atoms in total. The van der Waals surface area contributed by atoms with E-state index in [1.807, 2.05) is 6.92 Å². The summed E-state index contributed by atoms with van der Waals surface area (Å²) in [6.07, 6.45) is 1.99. The Balaban J connectivity index is 0.00000288. The van der Waals surface area contributed by atoms with Crippen molar-refractivity contribution in [2.24, 2.45) is 4.99 Å². The zero-order chi connectivity index (χ0) is 16.7. The molecule has 0 saturated heterocycles. The van der Waals surface area contributed by atoms with Crippen LogP contribution >= 0.6 is 35.3 Å². The van der Waals surface area contributed by atoms with E-state index in [0.717, 1.165) is 43.3 Å². The van der Waals surface area contributed by atoms with Gasteiger partial charge in [0.25, 0.3) is 0 Å². The van der Waals surface area contributed by atoms with Crippen molar-refractivity contribution in [3.63, 3.8) is 0 Å². The monoisotopic (exact) mass is 462 g/mol. The molecule has 134 valence electrons. The summed E-state index contributed by atoms with van der Waals surface area (Å²) in [5.41, 5.74) is 3.35. The van der Waals surface area contributed by atoms with Gasteiger partial charge in [0.15, 0.2) is 5.96 Å². The highest BCUT2D eigenvalue weighted by Gasteiger charge is 2.03. The Bertz CT molecular complexity index is 649. The van der Waals surface area contributed by atoms with Crippen LogP contribution in [0.1, 0.15) is 35.4 Å². The number of aromatic nitrogens is 3. The van der Waals surface area contributed by atoms with Crippen molar-refractivity contribution in [1.82, 2.24) is 25.4 Å². The first-order valence-electron chi connectivity index (χ1n) is 8.01. The maximum atomic E-state index is 4.54. The molecule has 0 spiro atoms. The molecule has 0 radical (unpaired) electrons. The van der Waals surface area contributed by atoms with Crippen molar-refractivity contribution < 1.29 is 0 Å². The van der Waals surface area contributed by atoms with Crippen LogP contribution in [0, 0.1) is 13.8 Å². The van der Waals surface area contributed by atoms with Gasteiger partial charge in [0.1, 0.15) is 0 Å². The number of aryl methyl sites for hydroxylation is 4. The maximum Gasteiger partial charge on any atom is 0.191 e. The van der Waals surface area contributed by atoms with Crippen LogP contribution in [-0.2, 0) is 19.5 Å². The number of rotatable bonds is 7. The number of halogens is 1. The summed E-state index contributed by atoms with van der Waals surface area (Å²) in [6, 6.07) is 2.10. The van der Waals surface area contributed by atoms with Crippen molar-refractivity contribution in [1.29, 1.82) is 0 Å². The highest BCUT2D eigenvalue weighted by Crippen LogP contribution is 2.09. The van der Waals surface area contributed by atoms with Gasteiger partial charge in [-0.1, -0.05) is 6.92 Å². The van der Waals surface area contributed by atoms with Crippen LogP contribution < -0.4 is 10.6 Å². The standard InChI is InChI=1S/C16H26N6S.HI/c1-5-15-20-14(11-23-15)10-19-16(17-4)18-7-6-8-22-13(3)9-12(2)21-22;/h9,11H,5-8,10H2,1-4H3,(H2,17,18,19);1H. The zero-order valence-electron chi connectivity index (χ0n) is 14.8. The number of nitrogens with zero attached hydrogens (tertiary/aromatic N) is 4. The summed E-state index contributed by atoms with van der Waals surface area (Å²) < 4.78 is 2.05. The fourth-order valence-electron chi connectivity index (χ4n) is 2.32. The number of guanidine groups is 1. The highest BCUT2D eigenvalue weighted by molar-refractivity contribution is 14.0. The third-order valence-corrected chi connectivity index (χ3v) is 4.55. The van der Waals surface area contributed by atoms with Gasteiger partial charge in [0.05, 0.1) is 22.9 Å². The molecule has 24 heavy (non-hydrogen) atoms. The first kappa shape index (κ1) is 20.9. The van der Waals surface area contributed by atoms with Gasteiger partial charge in [0, 0.05) is 31.2 Å². The zero-order valence-corrected chi connectivity index (χ0v) is 17.9. The lowest BCUT2D eigenvalue weighted by molar-refractivity contribution is 0.555. The Morgan fingerprint density at radius 2 is 2.12 bits per heavy atom. The van der Waals surface area contributed by atoms with Crippen LogP contribution in [0.4, 0.5) is 0 Å². The summed E-state index contributed by atoms with van der Waals surface area (Å²) in [4.78, 5) is 8.79. The van der Waals surface area contributed by atoms with Crippen LogP contribution in [0.3, 0.4) is 0 Å². The third kappa shape index (κ3) is 6.39. The lowest BCUT2D eigenvalue weighted by atomic mass is 10.4. The minimum atomic E-state index is 0. The molecule has 0 saturated carbocycles. The molecule has 0 atom stereocenters. The molecule has 0 aliphatic heterocycles. The summed E-state index contributed by atoms with van der Waals surface area (Å²) in [5, 5.41) is 14.4. The minimum Gasteiger partial charge on any atom is -0.356 e. The van der Waals surface area contributed by atoms with Gasteiger partial charge in [0.2, 0.25) is 0 Å². The molecule has 0 unspecified atom stereocenters. The third-order valence-electron chi connectivity index (χ3n) is 3.50. The van der Waals surface area contributed by atoms with E-state index in [1.165, 1.54) is 10.7 Å². The quantitative estimate of drug-likeness (QED) is 0.288. The van der Waals surface area contributed by atoms with E-state index in [4.69, 9.17) is 0 Å². The summed E-state index contributed by atoms with van der Waals surface area (Å²) in [7, 11) is 1.79. The second kappa shape index (κ2) is 10.7. The molecule has 0 aliphatic rings. The smallest absolute Gasteiger partial charge is 0.191 e. The highest BCUT2D eigenvalue weighted by atomic mass is 127. The SMILES string of the molecule is CCc1nc(CNC(=NC)NCCCn2nc(C)cc2C)cs1.I. The Hall–Kier alpha value is -1.16. The molecule has 0 amide bonds. The number of thiazole rings is 1. The van der Waals surface area contributed by atoms with Gasteiger partial charge in [-0.15, -0.1) is 35.3 Å². The molecule has 2 heterocycles. The van der Waals surface area contributed by atoms with Gasteiger partial charge < -0.3 is 10.6 Å². The van der Waals surface area contributed by atoms with Crippen molar-refractivity contribution in [3.8, 4) is 0 Å². The van der Waals surface area contributed by atoms with Gasteiger partial charge in [-0.2, -0.15) is 5.10 Å². The molecule has 0 bridgehead atoms. The van der Waals surface area contributed by atoms with Crippen LogP contribution in [0.5, 0.6) is 0 Å².